The summed E-state index contributed by atoms with van der Waals surface area (Å²) in [6, 6.07) is 0. The highest BCUT2D eigenvalue weighted by atomic mass is 28.3. The fourth-order valence-electron chi connectivity index (χ4n) is 1.53. The van der Waals surface area contributed by atoms with Gasteiger partial charge in [0.15, 0.2) is 15.3 Å². The lowest BCUT2D eigenvalue weighted by molar-refractivity contribution is -0.281. The molecule has 1 rings (SSSR count). The summed E-state index contributed by atoms with van der Waals surface area (Å²) in [4.78, 5) is 0. The van der Waals surface area contributed by atoms with Gasteiger partial charge in [0, 0.05) is 0 Å². The van der Waals surface area contributed by atoms with Crippen molar-refractivity contribution in [1.29, 1.82) is 0 Å². The second-order valence-corrected chi connectivity index (χ2v) is 6.25. The van der Waals surface area contributed by atoms with Gasteiger partial charge in [-0.25, -0.2) is 0 Å². The molecule has 0 aromatic rings. The Kier molecular flexibility index (Phi) is 4.65. The molecule has 0 unspecified atom stereocenters. The van der Waals surface area contributed by atoms with Crippen molar-refractivity contribution in [2.75, 3.05) is 6.61 Å². The van der Waals surface area contributed by atoms with Gasteiger partial charge in [-0.05, 0) is 13.1 Å². The lowest BCUT2D eigenvalue weighted by Crippen LogP contribution is -2.60. The van der Waals surface area contributed by atoms with Gasteiger partial charge in [0.05, 0.1) is 6.61 Å². The Morgan fingerprint density at radius 2 is 1.80 bits per heavy atom. The minimum Gasteiger partial charge on any atom is -0.410 e. The third kappa shape index (κ3) is 2.97. The van der Waals surface area contributed by atoms with Crippen molar-refractivity contribution >= 4 is 9.04 Å². The molecule has 1 fully saturated rings. The van der Waals surface area contributed by atoms with Crippen LogP contribution in [-0.2, 0) is 9.16 Å². The zero-order chi connectivity index (χ0) is 11.6. The third-order valence-corrected chi connectivity index (χ3v) is 3.13. The first-order valence-corrected chi connectivity index (χ1v) is 7.71. The molecule has 1 saturated heterocycles. The molecule has 6 nitrogen and oxygen atoms in total. The van der Waals surface area contributed by atoms with Crippen LogP contribution in [0, 0.1) is 0 Å². The maximum Gasteiger partial charge on any atom is 0.183 e. The molecule has 15 heavy (non-hydrogen) atoms. The van der Waals surface area contributed by atoms with E-state index in [-0.39, 0.29) is 0 Å². The van der Waals surface area contributed by atoms with Crippen LogP contribution in [-0.4, -0.2) is 66.8 Å². The highest BCUT2D eigenvalue weighted by molar-refractivity contribution is 6.48. The predicted octanol–water partition coefficient (Wildman–Crippen LogP) is -2.21. The number of hydrogen-bond donors (Lipinski definition) is 4. The second kappa shape index (κ2) is 5.35. The van der Waals surface area contributed by atoms with Gasteiger partial charge in [0.1, 0.15) is 24.4 Å². The van der Waals surface area contributed by atoms with Crippen molar-refractivity contribution in [1.82, 2.24) is 0 Å². The summed E-state index contributed by atoms with van der Waals surface area (Å²) in [7, 11) is -1.45. The Bertz CT molecular complexity index is 202. The minimum absolute atomic E-state index is 0.457. The third-order valence-electron chi connectivity index (χ3n) is 2.27. The normalized spacial score (nSPS) is 42.2. The van der Waals surface area contributed by atoms with Crippen LogP contribution in [0.15, 0.2) is 0 Å². The molecule has 0 aromatic heterocycles. The second-order valence-electron chi connectivity index (χ2n) is 3.88. The highest BCUT2D eigenvalue weighted by Gasteiger charge is 2.44. The Morgan fingerprint density at radius 3 is 2.27 bits per heavy atom. The zero-order valence-corrected chi connectivity index (χ0v) is 9.93. The van der Waals surface area contributed by atoms with Crippen molar-refractivity contribution in [3.8, 4) is 0 Å². The van der Waals surface area contributed by atoms with Crippen LogP contribution in [0.2, 0.25) is 13.1 Å². The SMILES string of the molecule is C[SiH](C)O[C@@H]1[C@@H](O)[C@H](O)[C@@H](CO)O[C@H]1O. The molecule has 4 N–H and O–H groups in total. The van der Waals surface area contributed by atoms with Crippen LogP contribution in [0.3, 0.4) is 0 Å². The first-order valence-electron chi connectivity index (χ1n) is 4.93. The molecular formula is C8H18O6Si. The van der Waals surface area contributed by atoms with Crippen LogP contribution in [0.25, 0.3) is 0 Å². The summed E-state index contributed by atoms with van der Waals surface area (Å²) in [5.41, 5.74) is 0. The monoisotopic (exact) mass is 238 g/mol. The maximum atomic E-state index is 9.65. The quantitative estimate of drug-likeness (QED) is 0.416. The maximum absolute atomic E-state index is 9.65. The fraction of sp³-hybridized carbons (Fsp3) is 1.00. The Morgan fingerprint density at radius 1 is 1.20 bits per heavy atom. The molecule has 0 amide bonds. The highest BCUT2D eigenvalue weighted by Crippen LogP contribution is 2.22. The van der Waals surface area contributed by atoms with Gasteiger partial charge in [-0.2, -0.15) is 0 Å². The van der Waals surface area contributed by atoms with E-state index in [1.807, 2.05) is 13.1 Å². The molecule has 0 saturated carbocycles. The van der Waals surface area contributed by atoms with E-state index >= 15 is 0 Å². The summed E-state index contributed by atoms with van der Waals surface area (Å²) in [6.07, 6.45) is -5.69. The summed E-state index contributed by atoms with van der Waals surface area (Å²) >= 11 is 0. The number of rotatable bonds is 3. The van der Waals surface area contributed by atoms with E-state index in [4.69, 9.17) is 14.3 Å². The molecule has 0 aromatic carbocycles. The number of hydrogen-bond acceptors (Lipinski definition) is 6. The van der Waals surface area contributed by atoms with E-state index < -0.39 is 46.4 Å². The Balaban J connectivity index is 2.66. The van der Waals surface area contributed by atoms with E-state index in [0.717, 1.165) is 0 Å². The molecular weight excluding hydrogens is 220 g/mol. The molecule has 0 bridgehead atoms. The van der Waals surface area contributed by atoms with Crippen LogP contribution < -0.4 is 0 Å². The Hall–Kier alpha value is -0.0231. The number of aliphatic hydroxyl groups is 4. The largest absolute Gasteiger partial charge is 0.410 e. The smallest absolute Gasteiger partial charge is 0.183 e. The van der Waals surface area contributed by atoms with Crippen molar-refractivity contribution in [2.24, 2.45) is 0 Å². The lowest BCUT2D eigenvalue weighted by Gasteiger charge is -2.40. The van der Waals surface area contributed by atoms with E-state index in [1.54, 1.807) is 0 Å². The van der Waals surface area contributed by atoms with Crippen LogP contribution in [0.4, 0.5) is 0 Å². The molecule has 0 aliphatic carbocycles. The number of ether oxygens (including phenoxy) is 1. The van der Waals surface area contributed by atoms with Gasteiger partial charge in [0.2, 0.25) is 0 Å². The average molecular weight is 238 g/mol. The zero-order valence-electron chi connectivity index (χ0n) is 8.78. The number of aliphatic hydroxyl groups excluding tert-OH is 4. The van der Waals surface area contributed by atoms with Crippen molar-refractivity contribution < 1.29 is 29.6 Å². The summed E-state index contributed by atoms with van der Waals surface area (Å²) < 4.78 is 10.3. The summed E-state index contributed by atoms with van der Waals surface area (Å²) in [6.45, 7) is 3.30. The topological polar surface area (TPSA) is 99.4 Å². The van der Waals surface area contributed by atoms with Crippen molar-refractivity contribution in [3.63, 3.8) is 0 Å². The van der Waals surface area contributed by atoms with Gasteiger partial charge in [-0.1, -0.05) is 0 Å². The lowest BCUT2D eigenvalue weighted by atomic mass is 9.99. The first-order chi connectivity index (χ1) is 6.97. The predicted molar refractivity (Wildman–Crippen MR) is 53.7 cm³/mol. The molecule has 5 atom stereocenters. The van der Waals surface area contributed by atoms with Crippen molar-refractivity contribution in [2.45, 2.75) is 43.8 Å². The van der Waals surface area contributed by atoms with Gasteiger partial charge >= 0.3 is 0 Å². The van der Waals surface area contributed by atoms with Gasteiger partial charge < -0.3 is 29.6 Å². The molecule has 1 aliphatic rings. The van der Waals surface area contributed by atoms with Crippen LogP contribution in [0.1, 0.15) is 0 Å². The van der Waals surface area contributed by atoms with E-state index in [1.165, 1.54) is 0 Å². The van der Waals surface area contributed by atoms with Gasteiger partial charge in [0.25, 0.3) is 0 Å². The van der Waals surface area contributed by atoms with E-state index in [0.29, 0.717) is 0 Å². The average Bonchev–Trinajstić information content (AvgIpc) is 2.18. The van der Waals surface area contributed by atoms with Crippen LogP contribution in [0.5, 0.6) is 0 Å². The minimum atomic E-state index is -1.45. The Labute approximate surface area is 89.8 Å². The van der Waals surface area contributed by atoms with Gasteiger partial charge in [-0.15, -0.1) is 0 Å². The standard InChI is InChI=1S/C8H18O6Si/c1-15(2)14-7-6(11)5(10)4(3-9)13-8(7)12/h4-12,15H,3H2,1-2H3/t4-,5-,6+,7-,8-/m1/s1. The van der Waals surface area contributed by atoms with Crippen LogP contribution >= 0.6 is 0 Å². The molecule has 7 heteroatoms. The summed E-state index contributed by atoms with van der Waals surface area (Å²) in [5, 5.41) is 37.5. The first kappa shape index (κ1) is 13.0. The summed E-state index contributed by atoms with van der Waals surface area (Å²) in [5.74, 6) is 0. The molecule has 1 heterocycles. The molecule has 0 radical (unpaired) electrons. The van der Waals surface area contributed by atoms with Crippen molar-refractivity contribution in [3.05, 3.63) is 0 Å². The molecule has 1 aliphatic heterocycles. The fourth-order valence-corrected chi connectivity index (χ4v) is 2.46. The molecule has 90 valence electrons. The van der Waals surface area contributed by atoms with E-state index in [9.17, 15) is 15.3 Å². The van der Waals surface area contributed by atoms with E-state index in [2.05, 4.69) is 0 Å². The van der Waals surface area contributed by atoms with Gasteiger partial charge in [-0.3, -0.25) is 0 Å². The molecule has 0 spiro atoms.